The fourth-order valence-electron chi connectivity index (χ4n) is 2.42. The zero-order valence-corrected chi connectivity index (χ0v) is 13.9. The second-order valence-corrected chi connectivity index (χ2v) is 5.72. The number of carbonyl (C=O) groups is 1. The number of H-pyrrole nitrogens is 1. The van der Waals surface area contributed by atoms with Gasteiger partial charge in [0.2, 0.25) is 34.8 Å². The topological polar surface area (TPSA) is 59.2 Å². The van der Waals surface area contributed by atoms with Crippen LogP contribution in [-0.4, -0.2) is 11.0 Å². The summed E-state index contributed by atoms with van der Waals surface area (Å²) in [5.74, 6) is -18.1. The molecule has 0 radical (unpaired) electrons. The van der Waals surface area contributed by atoms with Crippen molar-refractivity contribution in [3.05, 3.63) is 74.6 Å². The minimum absolute atomic E-state index is 0.241. The van der Waals surface area contributed by atoms with Crippen LogP contribution in [0.2, 0.25) is 0 Å². The smallest absolute Gasteiger partial charge is 0.416 e. The van der Waals surface area contributed by atoms with Crippen molar-refractivity contribution in [2.45, 2.75) is 6.18 Å². The van der Waals surface area contributed by atoms with Gasteiger partial charge in [0.25, 0.3) is 5.56 Å². The molecule has 30 heavy (non-hydrogen) atoms. The van der Waals surface area contributed by atoms with Crippen LogP contribution in [0.5, 0.6) is 5.75 Å². The van der Waals surface area contributed by atoms with Gasteiger partial charge < -0.3 is 9.72 Å². The molecule has 0 atom stereocenters. The van der Waals surface area contributed by atoms with Crippen molar-refractivity contribution >= 4 is 16.9 Å². The van der Waals surface area contributed by atoms with Crippen LogP contribution in [0.15, 0.2) is 23.0 Å². The van der Waals surface area contributed by atoms with Crippen molar-refractivity contribution in [2.24, 2.45) is 0 Å². The van der Waals surface area contributed by atoms with E-state index in [-0.39, 0.29) is 6.07 Å². The number of benzene rings is 2. The summed E-state index contributed by atoms with van der Waals surface area (Å²) in [4.78, 5) is 25.8. The van der Waals surface area contributed by atoms with Gasteiger partial charge in [0, 0.05) is 10.9 Å². The largest absolute Gasteiger partial charge is 0.419 e. The third-order valence-corrected chi connectivity index (χ3v) is 3.82. The van der Waals surface area contributed by atoms with Crippen LogP contribution >= 0.6 is 0 Å². The summed E-state index contributed by atoms with van der Waals surface area (Å²) in [6.45, 7) is 0. The molecular weight excluding hydrogens is 437 g/mol. The van der Waals surface area contributed by atoms with Gasteiger partial charge >= 0.3 is 12.1 Å². The van der Waals surface area contributed by atoms with Crippen molar-refractivity contribution in [3.63, 3.8) is 0 Å². The van der Waals surface area contributed by atoms with Crippen molar-refractivity contribution in [3.8, 4) is 5.75 Å². The number of aromatic amines is 1. The Bertz CT molecular complexity index is 1240. The van der Waals surface area contributed by atoms with Crippen LogP contribution in [0, 0.1) is 34.9 Å². The van der Waals surface area contributed by atoms with Crippen molar-refractivity contribution in [2.75, 3.05) is 0 Å². The van der Waals surface area contributed by atoms with Gasteiger partial charge in [-0.1, -0.05) is 0 Å². The number of alkyl halides is 3. The first kappa shape index (κ1) is 21.2. The van der Waals surface area contributed by atoms with Gasteiger partial charge in [-0.3, -0.25) is 4.79 Å². The van der Waals surface area contributed by atoms with Crippen LogP contribution in [0.25, 0.3) is 10.9 Å². The SMILES string of the molecule is O=C(Oc1c(F)c(F)c(F)c(F)c1F)c1cc2cc(F)c(C(F)(F)F)cc2[nH]c1=O. The maximum absolute atomic E-state index is 13.7. The normalized spacial score (nSPS) is 11.8. The molecule has 0 unspecified atom stereocenters. The maximum Gasteiger partial charge on any atom is 0.419 e. The maximum atomic E-state index is 13.7. The molecule has 3 aromatic rings. The fraction of sp³-hybridized carbons (Fsp3) is 0.0588. The zero-order chi connectivity index (χ0) is 22.5. The van der Waals surface area contributed by atoms with E-state index in [0.717, 1.165) is 0 Å². The Balaban J connectivity index is 2.09. The second kappa shape index (κ2) is 7.07. The number of esters is 1. The molecule has 13 heteroatoms. The molecule has 0 aliphatic heterocycles. The number of halogens is 9. The summed E-state index contributed by atoms with van der Waals surface area (Å²) < 4.78 is 123. The lowest BCUT2D eigenvalue weighted by atomic mass is 10.1. The van der Waals surface area contributed by atoms with E-state index in [1.165, 1.54) is 0 Å². The summed E-state index contributed by atoms with van der Waals surface area (Å²) in [7, 11) is 0. The summed E-state index contributed by atoms with van der Waals surface area (Å²) in [5.41, 5.74) is -4.81. The highest BCUT2D eigenvalue weighted by Gasteiger charge is 2.35. The van der Waals surface area contributed by atoms with E-state index in [2.05, 4.69) is 4.74 Å². The molecule has 0 spiro atoms. The highest BCUT2D eigenvalue weighted by atomic mass is 19.4. The van der Waals surface area contributed by atoms with E-state index < -0.39 is 80.4 Å². The van der Waals surface area contributed by atoms with E-state index in [1.54, 1.807) is 0 Å². The standard InChI is InChI=1S/C17H4F9NO3/c18-7-2-4-1-5(15(28)27-8(4)3-6(7)17(24,25)26)16(29)30-14-12(22)10(20)9(19)11(21)13(14)23/h1-3H,(H,27,28). The number of ether oxygens (including phenoxy) is 1. The molecule has 158 valence electrons. The number of fused-ring (bicyclic) bond motifs is 1. The third-order valence-electron chi connectivity index (χ3n) is 3.82. The Kier molecular flexibility index (Phi) is 5.00. The van der Waals surface area contributed by atoms with Gasteiger partial charge in [0.1, 0.15) is 11.4 Å². The Labute approximate surface area is 158 Å². The number of rotatable bonds is 2. The molecular formula is C17H4F9NO3. The average Bonchev–Trinajstić information content (AvgIpc) is 2.66. The Morgan fingerprint density at radius 3 is 1.90 bits per heavy atom. The van der Waals surface area contributed by atoms with E-state index in [0.29, 0.717) is 12.1 Å². The lowest BCUT2D eigenvalue weighted by molar-refractivity contribution is -0.139. The van der Waals surface area contributed by atoms with Crippen molar-refractivity contribution in [1.82, 2.24) is 4.98 Å². The van der Waals surface area contributed by atoms with Crippen LogP contribution < -0.4 is 10.3 Å². The predicted molar refractivity (Wildman–Crippen MR) is 80.7 cm³/mol. The minimum Gasteiger partial charge on any atom is -0.416 e. The van der Waals surface area contributed by atoms with Gasteiger partial charge in [-0.15, -0.1) is 0 Å². The predicted octanol–water partition coefficient (Wildman–Crippen LogP) is 4.60. The number of pyridine rings is 1. The summed E-state index contributed by atoms with van der Waals surface area (Å²) in [6.07, 6.45) is -5.10. The van der Waals surface area contributed by atoms with Crippen LogP contribution in [0.1, 0.15) is 15.9 Å². The monoisotopic (exact) mass is 441 g/mol. The van der Waals surface area contributed by atoms with E-state index in [9.17, 15) is 49.1 Å². The molecule has 2 aromatic carbocycles. The molecule has 0 amide bonds. The van der Waals surface area contributed by atoms with Gasteiger partial charge in [0.05, 0.1) is 5.56 Å². The molecule has 3 rings (SSSR count). The molecule has 0 saturated carbocycles. The fourth-order valence-corrected chi connectivity index (χ4v) is 2.42. The van der Waals surface area contributed by atoms with Gasteiger partial charge in [0.15, 0.2) is 0 Å². The first-order valence-electron chi connectivity index (χ1n) is 7.50. The second-order valence-electron chi connectivity index (χ2n) is 5.72. The third kappa shape index (κ3) is 3.46. The van der Waals surface area contributed by atoms with Crippen LogP contribution in [-0.2, 0) is 6.18 Å². The van der Waals surface area contributed by atoms with Gasteiger partial charge in [-0.05, 0) is 18.2 Å². The summed E-state index contributed by atoms with van der Waals surface area (Å²) in [6, 6.07) is 1.07. The first-order valence-corrected chi connectivity index (χ1v) is 7.50. The lowest BCUT2D eigenvalue weighted by Crippen LogP contribution is -2.23. The summed E-state index contributed by atoms with van der Waals surface area (Å²) in [5, 5.41) is -0.454. The zero-order valence-electron chi connectivity index (χ0n) is 13.9. The van der Waals surface area contributed by atoms with E-state index in [4.69, 9.17) is 0 Å². The average molecular weight is 441 g/mol. The van der Waals surface area contributed by atoms with Crippen molar-refractivity contribution < 1.29 is 49.0 Å². The minimum atomic E-state index is -5.10. The molecule has 1 aromatic heterocycles. The lowest BCUT2D eigenvalue weighted by Gasteiger charge is -2.11. The molecule has 0 fully saturated rings. The number of carbonyl (C=O) groups excluding carboxylic acids is 1. The first-order chi connectivity index (χ1) is 13.8. The van der Waals surface area contributed by atoms with Crippen molar-refractivity contribution in [1.29, 1.82) is 0 Å². The van der Waals surface area contributed by atoms with Crippen LogP contribution in [0.4, 0.5) is 39.5 Å². The number of aromatic nitrogens is 1. The summed E-state index contributed by atoms with van der Waals surface area (Å²) >= 11 is 0. The highest BCUT2D eigenvalue weighted by molar-refractivity contribution is 5.95. The van der Waals surface area contributed by atoms with E-state index in [1.807, 2.05) is 4.98 Å². The van der Waals surface area contributed by atoms with Gasteiger partial charge in [-0.25, -0.2) is 22.4 Å². The van der Waals surface area contributed by atoms with Crippen LogP contribution in [0.3, 0.4) is 0 Å². The quantitative estimate of drug-likeness (QED) is 0.208. The number of hydrogen-bond acceptors (Lipinski definition) is 3. The molecule has 1 heterocycles. The van der Waals surface area contributed by atoms with Gasteiger partial charge in [-0.2, -0.15) is 22.0 Å². The number of nitrogens with one attached hydrogen (secondary N) is 1. The molecule has 1 N–H and O–H groups in total. The Morgan fingerprint density at radius 2 is 1.37 bits per heavy atom. The molecule has 0 aliphatic rings. The Morgan fingerprint density at radius 1 is 0.833 bits per heavy atom. The van der Waals surface area contributed by atoms with E-state index >= 15 is 0 Å². The highest BCUT2D eigenvalue weighted by Crippen LogP contribution is 2.33. The molecule has 4 nitrogen and oxygen atoms in total. The number of hydrogen-bond donors (Lipinski definition) is 1. The Hall–Kier alpha value is -3.51. The molecule has 0 bridgehead atoms. The molecule has 0 saturated heterocycles. The molecule has 0 aliphatic carbocycles.